The molecule has 0 spiro atoms. The Labute approximate surface area is 99.1 Å². The number of hydrogen-bond donors (Lipinski definition) is 1. The van der Waals surface area contributed by atoms with Crippen LogP contribution in [0.25, 0.3) is 0 Å². The monoisotopic (exact) mass is 232 g/mol. The van der Waals surface area contributed by atoms with Crippen LogP contribution < -0.4 is 10.5 Å². The van der Waals surface area contributed by atoms with E-state index < -0.39 is 0 Å². The van der Waals surface area contributed by atoms with Crippen LogP contribution >= 0.6 is 0 Å². The van der Waals surface area contributed by atoms with Crippen molar-refractivity contribution >= 4 is 0 Å². The molecule has 4 heteroatoms. The van der Waals surface area contributed by atoms with E-state index in [9.17, 15) is 4.39 Å². The Kier molecular flexibility index (Phi) is 3.67. The Hall–Kier alpha value is -1.94. The summed E-state index contributed by atoms with van der Waals surface area (Å²) in [7, 11) is 0. The summed E-state index contributed by atoms with van der Waals surface area (Å²) in [5.41, 5.74) is 6.83. The first kappa shape index (κ1) is 11.5. The summed E-state index contributed by atoms with van der Waals surface area (Å²) in [5.74, 6) is -0.161. The van der Waals surface area contributed by atoms with E-state index >= 15 is 0 Å². The molecule has 3 nitrogen and oxygen atoms in total. The molecular formula is C13H13FN2O. The third kappa shape index (κ3) is 3.01. The molecule has 2 rings (SSSR count). The van der Waals surface area contributed by atoms with E-state index in [-0.39, 0.29) is 24.2 Å². The molecule has 1 atom stereocenters. The van der Waals surface area contributed by atoms with Gasteiger partial charge in [-0.2, -0.15) is 0 Å². The number of pyridine rings is 1. The molecule has 2 aromatic rings. The van der Waals surface area contributed by atoms with Gasteiger partial charge in [-0.3, -0.25) is 4.98 Å². The Morgan fingerprint density at radius 2 is 1.88 bits per heavy atom. The van der Waals surface area contributed by atoms with Gasteiger partial charge in [-0.05, 0) is 29.8 Å². The van der Waals surface area contributed by atoms with Crippen LogP contribution in [-0.2, 0) is 0 Å². The molecule has 2 N–H and O–H groups in total. The third-order valence-electron chi connectivity index (χ3n) is 2.39. The van der Waals surface area contributed by atoms with Crippen molar-refractivity contribution in [2.45, 2.75) is 6.04 Å². The average Bonchev–Trinajstić information content (AvgIpc) is 2.38. The second-order valence-electron chi connectivity index (χ2n) is 3.63. The van der Waals surface area contributed by atoms with Crippen molar-refractivity contribution in [3.05, 3.63) is 60.2 Å². The molecule has 17 heavy (non-hydrogen) atoms. The second kappa shape index (κ2) is 5.41. The number of benzene rings is 1. The molecule has 0 saturated carbocycles. The molecule has 0 fully saturated rings. The number of aromatic nitrogens is 1. The van der Waals surface area contributed by atoms with Crippen molar-refractivity contribution in [3.63, 3.8) is 0 Å². The number of rotatable bonds is 4. The Balaban J connectivity index is 1.97. The highest BCUT2D eigenvalue weighted by atomic mass is 19.1. The number of ether oxygens (including phenoxy) is 1. The van der Waals surface area contributed by atoms with Gasteiger partial charge in [0.05, 0.1) is 6.04 Å². The predicted molar refractivity (Wildman–Crippen MR) is 63.1 cm³/mol. The second-order valence-corrected chi connectivity index (χ2v) is 3.63. The van der Waals surface area contributed by atoms with Crippen molar-refractivity contribution in [1.29, 1.82) is 0 Å². The molecular weight excluding hydrogens is 219 g/mol. The van der Waals surface area contributed by atoms with E-state index in [2.05, 4.69) is 4.98 Å². The van der Waals surface area contributed by atoms with Gasteiger partial charge in [0.25, 0.3) is 0 Å². The fourth-order valence-corrected chi connectivity index (χ4v) is 1.45. The van der Waals surface area contributed by atoms with E-state index in [1.54, 1.807) is 30.6 Å². The number of halogens is 1. The zero-order chi connectivity index (χ0) is 12.1. The lowest BCUT2D eigenvalue weighted by Crippen LogP contribution is -2.19. The van der Waals surface area contributed by atoms with Crippen molar-refractivity contribution in [3.8, 4) is 5.75 Å². The molecule has 0 aliphatic heterocycles. The van der Waals surface area contributed by atoms with Gasteiger partial charge >= 0.3 is 0 Å². The minimum Gasteiger partial charge on any atom is -0.489 e. The van der Waals surface area contributed by atoms with E-state index in [4.69, 9.17) is 10.5 Å². The van der Waals surface area contributed by atoms with Crippen molar-refractivity contribution in [2.24, 2.45) is 5.73 Å². The fourth-order valence-electron chi connectivity index (χ4n) is 1.45. The third-order valence-corrected chi connectivity index (χ3v) is 2.39. The maximum absolute atomic E-state index is 13.3. The molecule has 1 heterocycles. The van der Waals surface area contributed by atoms with Crippen LogP contribution in [0.4, 0.5) is 4.39 Å². The topological polar surface area (TPSA) is 48.1 Å². The van der Waals surface area contributed by atoms with E-state index in [1.807, 2.05) is 12.1 Å². The van der Waals surface area contributed by atoms with E-state index in [1.165, 1.54) is 6.07 Å². The lowest BCUT2D eigenvalue weighted by Gasteiger charge is -2.13. The zero-order valence-corrected chi connectivity index (χ0v) is 9.21. The summed E-state index contributed by atoms with van der Waals surface area (Å²) in [6.07, 6.45) is 3.33. The summed E-state index contributed by atoms with van der Waals surface area (Å²) in [6.45, 7) is 0.227. The van der Waals surface area contributed by atoms with Crippen LogP contribution in [-0.4, -0.2) is 11.6 Å². The summed E-state index contributed by atoms with van der Waals surface area (Å²) in [6, 6.07) is 9.60. The lowest BCUT2D eigenvalue weighted by atomic mass is 10.1. The normalized spacial score (nSPS) is 12.1. The number of para-hydroxylation sites is 1. The summed E-state index contributed by atoms with van der Waals surface area (Å²) < 4.78 is 18.6. The molecule has 0 saturated heterocycles. The van der Waals surface area contributed by atoms with Gasteiger partial charge in [0.2, 0.25) is 0 Å². The first-order valence-electron chi connectivity index (χ1n) is 5.30. The van der Waals surface area contributed by atoms with Gasteiger partial charge in [0.1, 0.15) is 6.61 Å². The first-order chi connectivity index (χ1) is 8.27. The van der Waals surface area contributed by atoms with Crippen LogP contribution in [0.1, 0.15) is 11.6 Å². The predicted octanol–water partition coefficient (Wildman–Crippen LogP) is 2.30. The minimum absolute atomic E-state index is 0.219. The van der Waals surface area contributed by atoms with Gasteiger partial charge in [0, 0.05) is 12.4 Å². The molecule has 0 aliphatic carbocycles. The Morgan fingerprint density at radius 1 is 1.18 bits per heavy atom. The molecule has 0 amide bonds. The number of hydrogen-bond acceptors (Lipinski definition) is 3. The van der Waals surface area contributed by atoms with Crippen LogP contribution in [0.3, 0.4) is 0 Å². The van der Waals surface area contributed by atoms with Gasteiger partial charge in [0.15, 0.2) is 11.6 Å². The largest absolute Gasteiger partial charge is 0.489 e. The van der Waals surface area contributed by atoms with Gasteiger partial charge in [-0.25, -0.2) is 4.39 Å². The molecule has 1 aromatic heterocycles. The van der Waals surface area contributed by atoms with Crippen LogP contribution in [0.15, 0.2) is 48.8 Å². The lowest BCUT2D eigenvalue weighted by molar-refractivity contribution is 0.277. The Morgan fingerprint density at radius 3 is 2.59 bits per heavy atom. The zero-order valence-electron chi connectivity index (χ0n) is 9.21. The van der Waals surface area contributed by atoms with E-state index in [0.717, 1.165) is 5.56 Å². The molecule has 88 valence electrons. The van der Waals surface area contributed by atoms with Gasteiger partial charge in [-0.1, -0.05) is 12.1 Å². The SMILES string of the molecule is NC(COc1ccccc1F)c1ccncc1. The minimum atomic E-state index is -0.380. The average molecular weight is 232 g/mol. The fraction of sp³-hybridized carbons (Fsp3) is 0.154. The van der Waals surface area contributed by atoms with Crippen LogP contribution in [0.2, 0.25) is 0 Å². The standard InChI is InChI=1S/C13H13FN2O/c14-11-3-1-2-4-13(11)17-9-12(15)10-5-7-16-8-6-10/h1-8,12H,9,15H2. The highest BCUT2D eigenvalue weighted by Gasteiger charge is 2.08. The van der Waals surface area contributed by atoms with Crippen molar-refractivity contribution < 1.29 is 9.13 Å². The summed E-state index contributed by atoms with van der Waals surface area (Å²) in [4.78, 5) is 3.90. The molecule has 0 radical (unpaired) electrons. The Bertz CT molecular complexity index is 476. The highest BCUT2D eigenvalue weighted by Crippen LogP contribution is 2.17. The number of nitrogens with zero attached hydrogens (tertiary/aromatic N) is 1. The van der Waals surface area contributed by atoms with Gasteiger partial charge < -0.3 is 10.5 Å². The summed E-state index contributed by atoms with van der Waals surface area (Å²) >= 11 is 0. The highest BCUT2D eigenvalue weighted by molar-refractivity contribution is 5.24. The quantitative estimate of drug-likeness (QED) is 0.879. The molecule has 0 bridgehead atoms. The smallest absolute Gasteiger partial charge is 0.165 e. The molecule has 1 aromatic carbocycles. The van der Waals surface area contributed by atoms with Crippen LogP contribution in [0, 0.1) is 5.82 Å². The first-order valence-corrected chi connectivity index (χ1v) is 5.30. The molecule has 0 aliphatic rings. The maximum atomic E-state index is 13.3. The van der Waals surface area contributed by atoms with Crippen molar-refractivity contribution in [2.75, 3.05) is 6.61 Å². The van der Waals surface area contributed by atoms with E-state index in [0.29, 0.717) is 0 Å². The van der Waals surface area contributed by atoms with Crippen molar-refractivity contribution in [1.82, 2.24) is 4.98 Å². The summed E-state index contributed by atoms with van der Waals surface area (Å²) in [5, 5.41) is 0. The molecule has 1 unspecified atom stereocenters. The van der Waals surface area contributed by atoms with Crippen LogP contribution in [0.5, 0.6) is 5.75 Å². The maximum Gasteiger partial charge on any atom is 0.165 e. The van der Waals surface area contributed by atoms with Gasteiger partial charge in [-0.15, -0.1) is 0 Å². The number of nitrogens with two attached hydrogens (primary N) is 1.